The van der Waals surface area contributed by atoms with Crippen molar-refractivity contribution < 1.29 is 19.4 Å². The predicted molar refractivity (Wildman–Crippen MR) is 80.4 cm³/mol. The van der Waals surface area contributed by atoms with Gasteiger partial charge in [0.25, 0.3) is 0 Å². The Hall–Kier alpha value is -2.04. The SMILES string of the molecule is Cc1cccc(OCCCC(=O)NC(C)CCC(=O)O)c1. The van der Waals surface area contributed by atoms with E-state index in [0.29, 0.717) is 25.9 Å². The first kappa shape index (κ1) is 17.0. The summed E-state index contributed by atoms with van der Waals surface area (Å²) < 4.78 is 5.56. The topological polar surface area (TPSA) is 75.6 Å². The van der Waals surface area contributed by atoms with E-state index in [-0.39, 0.29) is 18.4 Å². The molecular formula is C16H23NO4. The summed E-state index contributed by atoms with van der Waals surface area (Å²) in [5.74, 6) is -0.103. The number of nitrogens with one attached hydrogen (secondary N) is 1. The molecule has 21 heavy (non-hydrogen) atoms. The lowest BCUT2D eigenvalue weighted by Gasteiger charge is -2.12. The molecule has 0 saturated carbocycles. The fourth-order valence-corrected chi connectivity index (χ4v) is 1.89. The maximum Gasteiger partial charge on any atom is 0.303 e. The van der Waals surface area contributed by atoms with Gasteiger partial charge in [-0.15, -0.1) is 0 Å². The molecule has 116 valence electrons. The Morgan fingerprint density at radius 3 is 2.76 bits per heavy atom. The Kier molecular flexibility index (Phi) is 7.29. The van der Waals surface area contributed by atoms with E-state index in [2.05, 4.69) is 5.32 Å². The summed E-state index contributed by atoms with van der Waals surface area (Å²) >= 11 is 0. The maximum absolute atomic E-state index is 11.6. The minimum atomic E-state index is -0.845. The zero-order valence-electron chi connectivity index (χ0n) is 12.6. The van der Waals surface area contributed by atoms with Crippen molar-refractivity contribution in [1.82, 2.24) is 5.32 Å². The van der Waals surface area contributed by atoms with E-state index in [1.165, 1.54) is 0 Å². The minimum absolute atomic E-state index is 0.0674. The number of carboxylic acid groups (broad SMARTS) is 1. The van der Waals surface area contributed by atoms with Crippen LogP contribution in [0, 0.1) is 6.92 Å². The van der Waals surface area contributed by atoms with E-state index < -0.39 is 5.97 Å². The molecule has 0 spiro atoms. The van der Waals surface area contributed by atoms with Crippen molar-refractivity contribution in [2.45, 2.75) is 45.6 Å². The number of aliphatic carboxylic acids is 1. The Balaban J connectivity index is 2.14. The van der Waals surface area contributed by atoms with Crippen molar-refractivity contribution in [3.8, 4) is 5.75 Å². The zero-order valence-corrected chi connectivity index (χ0v) is 12.6. The van der Waals surface area contributed by atoms with Crippen LogP contribution < -0.4 is 10.1 Å². The van der Waals surface area contributed by atoms with Crippen LogP contribution in [0.3, 0.4) is 0 Å². The van der Waals surface area contributed by atoms with Crippen molar-refractivity contribution >= 4 is 11.9 Å². The summed E-state index contributed by atoms with van der Waals surface area (Å²) in [6.45, 7) is 4.29. The molecule has 2 N–H and O–H groups in total. The molecule has 0 aromatic heterocycles. The minimum Gasteiger partial charge on any atom is -0.494 e. The molecule has 1 atom stereocenters. The van der Waals surface area contributed by atoms with Gasteiger partial charge in [-0.2, -0.15) is 0 Å². The molecule has 0 bridgehead atoms. The molecule has 5 heteroatoms. The molecule has 0 radical (unpaired) electrons. The van der Waals surface area contributed by atoms with Gasteiger partial charge in [-0.05, 0) is 44.4 Å². The fraction of sp³-hybridized carbons (Fsp3) is 0.500. The van der Waals surface area contributed by atoms with E-state index in [1.54, 1.807) is 0 Å². The first-order valence-corrected chi connectivity index (χ1v) is 7.18. The van der Waals surface area contributed by atoms with Crippen molar-refractivity contribution in [3.05, 3.63) is 29.8 Å². The molecular weight excluding hydrogens is 270 g/mol. The van der Waals surface area contributed by atoms with Crippen molar-refractivity contribution in [1.29, 1.82) is 0 Å². The van der Waals surface area contributed by atoms with Gasteiger partial charge in [-0.1, -0.05) is 12.1 Å². The number of carboxylic acids is 1. The molecule has 1 aromatic rings. The standard InChI is InChI=1S/C16H23NO4/c1-12-5-3-6-14(11-12)21-10-4-7-15(18)17-13(2)8-9-16(19)20/h3,5-6,11,13H,4,7-10H2,1-2H3,(H,17,18)(H,19,20). The van der Waals surface area contributed by atoms with Crippen LogP contribution in [0.15, 0.2) is 24.3 Å². The Morgan fingerprint density at radius 2 is 2.10 bits per heavy atom. The average Bonchev–Trinajstić information content (AvgIpc) is 2.41. The summed E-state index contributed by atoms with van der Waals surface area (Å²) in [5.41, 5.74) is 1.14. The number of rotatable bonds is 9. The lowest BCUT2D eigenvalue weighted by atomic mass is 10.2. The van der Waals surface area contributed by atoms with Gasteiger partial charge in [0.15, 0.2) is 0 Å². The van der Waals surface area contributed by atoms with Crippen LogP contribution in [0.4, 0.5) is 0 Å². The highest BCUT2D eigenvalue weighted by Crippen LogP contribution is 2.12. The summed E-state index contributed by atoms with van der Waals surface area (Å²) in [5, 5.41) is 11.4. The molecule has 0 fully saturated rings. The second-order valence-electron chi connectivity index (χ2n) is 5.17. The Labute approximate surface area is 125 Å². The summed E-state index contributed by atoms with van der Waals surface area (Å²) in [6, 6.07) is 7.65. The number of carbonyl (C=O) groups excluding carboxylic acids is 1. The van der Waals surface area contributed by atoms with E-state index >= 15 is 0 Å². The third-order valence-electron chi connectivity index (χ3n) is 3.01. The summed E-state index contributed by atoms with van der Waals surface area (Å²) in [7, 11) is 0. The van der Waals surface area contributed by atoms with Gasteiger partial charge in [0.05, 0.1) is 6.61 Å². The van der Waals surface area contributed by atoms with Crippen LogP contribution in [-0.2, 0) is 9.59 Å². The molecule has 5 nitrogen and oxygen atoms in total. The summed E-state index contributed by atoms with van der Waals surface area (Å²) in [4.78, 5) is 22.1. The number of aryl methyl sites for hydroxylation is 1. The molecule has 1 amide bonds. The van der Waals surface area contributed by atoms with Crippen LogP contribution in [0.2, 0.25) is 0 Å². The van der Waals surface area contributed by atoms with Crippen LogP contribution in [0.1, 0.15) is 38.2 Å². The largest absolute Gasteiger partial charge is 0.494 e. The van der Waals surface area contributed by atoms with E-state index in [4.69, 9.17) is 9.84 Å². The quantitative estimate of drug-likeness (QED) is 0.686. The highest BCUT2D eigenvalue weighted by molar-refractivity contribution is 5.76. The molecule has 1 unspecified atom stereocenters. The normalized spacial score (nSPS) is 11.7. The smallest absolute Gasteiger partial charge is 0.303 e. The van der Waals surface area contributed by atoms with Crippen LogP contribution in [0.25, 0.3) is 0 Å². The van der Waals surface area contributed by atoms with Gasteiger partial charge in [0.1, 0.15) is 5.75 Å². The fourth-order valence-electron chi connectivity index (χ4n) is 1.89. The molecule has 0 aliphatic carbocycles. The number of ether oxygens (including phenoxy) is 1. The van der Waals surface area contributed by atoms with Crippen molar-refractivity contribution in [2.24, 2.45) is 0 Å². The first-order valence-electron chi connectivity index (χ1n) is 7.18. The van der Waals surface area contributed by atoms with Gasteiger partial charge >= 0.3 is 5.97 Å². The third kappa shape index (κ3) is 7.97. The maximum atomic E-state index is 11.6. The highest BCUT2D eigenvalue weighted by Gasteiger charge is 2.09. The van der Waals surface area contributed by atoms with Crippen molar-refractivity contribution in [3.63, 3.8) is 0 Å². The Morgan fingerprint density at radius 1 is 1.33 bits per heavy atom. The van der Waals surface area contributed by atoms with Gasteiger partial charge in [-0.25, -0.2) is 0 Å². The van der Waals surface area contributed by atoms with Crippen LogP contribution in [-0.4, -0.2) is 29.6 Å². The van der Waals surface area contributed by atoms with Crippen LogP contribution >= 0.6 is 0 Å². The van der Waals surface area contributed by atoms with Gasteiger partial charge in [-0.3, -0.25) is 9.59 Å². The highest BCUT2D eigenvalue weighted by atomic mass is 16.5. The van der Waals surface area contributed by atoms with Crippen molar-refractivity contribution in [2.75, 3.05) is 6.61 Å². The molecule has 0 aliphatic heterocycles. The second-order valence-corrected chi connectivity index (χ2v) is 5.17. The van der Waals surface area contributed by atoms with E-state index in [9.17, 15) is 9.59 Å². The predicted octanol–water partition coefficient (Wildman–Crippen LogP) is 2.52. The number of amides is 1. The average molecular weight is 293 g/mol. The lowest BCUT2D eigenvalue weighted by molar-refractivity contribution is -0.137. The van der Waals surface area contributed by atoms with Gasteiger partial charge in [0.2, 0.25) is 5.91 Å². The van der Waals surface area contributed by atoms with Gasteiger partial charge < -0.3 is 15.2 Å². The third-order valence-corrected chi connectivity index (χ3v) is 3.01. The molecule has 1 aromatic carbocycles. The zero-order chi connectivity index (χ0) is 15.7. The molecule has 0 heterocycles. The first-order chi connectivity index (χ1) is 9.97. The number of carbonyl (C=O) groups is 2. The van der Waals surface area contributed by atoms with Crippen LogP contribution in [0.5, 0.6) is 5.75 Å². The molecule has 0 aliphatic rings. The number of benzene rings is 1. The second kappa shape index (κ2) is 9.00. The number of hydrogen-bond acceptors (Lipinski definition) is 3. The van der Waals surface area contributed by atoms with Gasteiger partial charge in [0, 0.05) is 18.9 Å². The molecule has 0 saturated heterocycles. The monoisotopic (exact) mass is 293 g/mol. The molecule has 1 rings (SSSR count). The Bertz CT molecular complexity index is 473. The summed E-state index contributed by atoms with van der Waals surface area (Å²) in [6.07, 6.45) is 1.52. The van der Waals surface area contributed by atoms with E-state index in [0.717, 1.165) is 11.3 Å². The van der Waals surface area contributed by atoms with E-state index in [1.807, 2.05) is 38.1 Å². The number of hydrogen-bond donors (Lipinski definition) is 2. The lowest BCUT2D eigenvalue weighted by Crippen LogP contribution is -2.32.